The van der Waals surface area contributed by atoms with E-state index in [0.717, 1.165) is 0 Å². The third kappa shape index (κ3) is 3.44. The second-order valence-corrected chi connectivity index (χ2v) is 7.61. The Morgan fingerprint density at radius 1 is 1.29 bits per heavy atom. The predicted octanol–water partition coefficient (Wildman–Crippen LogP) is 0.214. The molecule has 1 saturated heterocycles. The van der Waals surface area contributed by atoms with E-state index in [4.69, 9.17) is 5.73 Å². The average molecular weight is 314 g/mol. The molecule has 2 rings (SSSR count). The van der Waals surface area contributed by atoms with Crippen LogP contribution in [0.5, 0.6) is 0 Å². The molecule has 1 aliphatic rings. The second-order valence-electron chi connectivity index (χ2n) is 5.67. The van der Waals surface area contributed by atoms with Crippen molar-refractivity contribution in [3.05, 3.63) is 29.8 Å². The minimum Gasteiger partial charge on any atom is -0.394 e. The van der Waals surface area contributed by atoms with E-state index in [1.54, 1.807) is 19.1 Å². The molecule has 4 N–H and O–H groups in total. The van der Waals surface area contributed by atoms with Gasteiger partial charge in [-0.25, -0.2) is 8.42 Å². The first-order chi connectivity index (χ1) is 9.78. The van der Waals surface area contributed by atoms with Gasteiger partial charge in [-0.3, -0.25) is 0 Å². The summed E-state index contributed by atoms with van der Waals surface area (Å²) in [6, 6.07) is 6.24. The first-order valence-corrected chi connectivity index (χ1v) is 8.40. The van der Waals surface area contributed by atoms with Crippen LogP contribution in [0.4, 0.5) is 0 Å². The van der Waals surface area contributed by atoms with Gasteiger partial charge in [0.25, 0.3) is 0 Å². The molecule has 118 valence electrons. The lowest BCUT2D eigenvalue weighted by Gasteiger charge is -2.37. The molecule has 21 heavy (non-hydrogen) atoms. The largest absolute Gasteiger partial charge is 0.394 e. The van der Waals surface area contributed by atoms with Gasteiger partial charge >= 0.3 is 0 Å². The standard InChI is InChI=1S/C14H22N2O4S/c1-11(18)12-2-4-13(5-3-12)21(19,20)16-8-6-14(15,10-17)7-9-16/h2-5,11,17-18H,6-10,15H2,1H3. The van der Waals surface area contributed by atoms with Crippen LogP contribution in [-0.2, 0) is 10.0 Å². The molecule has 0 aromatic heterocycles. The molecule has 1 aromatic carbocycles. The number of aliphatic hydroxyl groups is 2. The van der Waals surface area contributed by atoms with Crippen molar-refractivity contribution < 1.29 is 18.6 Å². The highest BCUT2D eigenvalue weighted by Crippen LogP contribution is 2.25. The number of hydrogen-bond donors (Lipinski definition) is 3. The lowest BCUT2D eigenvalue weighted by atomic mass is 9.91. The molecule has 0 saturated carbocycles. The number of nitrogens with zero attached hydrogens (tertiary/aromatic N) is 1. The van der Waals surface area contributed by atoms with Gasteiger partial charge in [0.05, 0.1) is 17.6 Å². The average Bonchev–Trinajstić information content (AvgIpc) is 2.48. The third-order valence-corrected chi connectivity index (χ3v) is 5.95. The van der Waals surface area contributed by atoms with E-state index in [0.29, 0.717) is 31.5 Å². The minimum absolute atomic E-state index is 0.135. The summed E-state index contributed by atoms with van der Waals surface area (Å²) in [6.45, 7) is 2.10. The number of piperidine rings is 1. The van der Waals surface area contributed by atoms with Crippen LogP contribution >= 0.6 is 0 Å². The molecule has 0 bridgehead atoms. The third-order valence-electron chi connectivity index (χ3n) is 4.03. The highest BCUT2D eigenvalue weighted by Gasteiger charge is 2.35. The fourth-order valence-corrected chi connectivity index (χ4v) is 3.84. The predicted molar refractivity (Wildman–Crippen MR) is 79.1 cm³/mol. The summed E-state index contributed by atoms with van der Waals surface area (Å²) in [7, 11) is -3.55. The summed E-state index contributed by atoms with van der Waals surface area (Å²) < 4.78 is 26.4. The lowest BCUT2D eigenvalue weighted by Crippen LogP contribution is -2.53. The highest BCUT2D eigenvalue weighted by molar-refractivity contribution is 7.89. The maximum atomic E-state index is 12.5. The fraction of sp³-hybridized carbons (Fsp3) is 0.571. The molecule has 0 spiro atoms. The van der Waals surface area contributed by atoms with Crippen molar-refractivity contribution in [2.75, 3.05) is 19.7 Å². The number of sulfonamides is 1. The zero-order valence-corrected chi connectivity index (χ0v) is 12.9. The maximum Gasteiger partial charge on any atom is 0.243 e. The van der Waals surface area contributed by atoms with Gasteiger partial charge in [-0.15, -0.1) is 0 Å². The fourth-order valence-electron chi connectivity index (χ4n) is 2.40. The van der Waals surface area contributed by atoms with Gasteiger partial charge in [0.2, 0.25) is 10.0 Å². The van der Waals surface area contributed by atoms with Crippen LogP contribution in [0, 0.1) is 0 Å². The maximum absolute atomic E-state index is 12.5. The normalized spacial score (nSPS) is 21.1. The second kappa shape index (κ2) is 6.02. The molecule has 1 unspecified atom stereocenters. The Morgan fingerprint density at radius 3 is 2.24 bits per heavy atom. The zero-order valence-electron chi connectivity index (χ0n) is 12.1. The van der Waals surface area contributed by atoms with Gasteiger partial charge < -0.3 is 15.9 Å². The summed E-state index contributed by atoms with van der Waals surface area (Å²) in [5.74, 6) is 0. The number of aliphatic hydroxyl groups excluding tert-OH is 2. The molecule has 0 radical (unpaired) electrons. The van der Waals surface area contributed by atoms with E-state index in [1.165, 1.54) is 16.4 Å². The lowest BCUT2D eigenvalue weighted by molar-refractivity contribution is 0.139. The Hall–Kier alpha value is -0.990. The smallest absolute Gasteiger partial charge is 0.243 e. The summed E-state index contributed by atoms with van der Waals surface area (Å²) in [5.41, 5.74) is 5.95. The number of rotatable bonds is 4. The molecule has 1 aliphatic heterocycles. The van der Waals surface area contributed by atoms with E-state index in [9.17, 15) is 18.6 Å². The van der Waals surface area contributed by atoms with Crippen LogP contribution in [0.1, 0.15) is 31.4 Å². The molecule has 0 aliphatic carbocycles. The van der Waals surface area contributed by atoms with Crippen molar-refractivity contribution in [3.63, 3.8) is 0 Å². The van der Waals surface area contributed by atoms with Gasteiger partial charge in [0.1, 0.15) is 0 Å². The molecule has 1 atom stereocenters. The molecular formula is C14H22N2O4S. The Bertz CT molecular complexity index is 575. The van der Waals surface area contributed by atoms with Crippen LogP contribution in [0.3, 0.4) is 0 Å². The molecular weight excluding hydrogens is 292 g/mol. The van der Waals surface area contributed by atoms with Crippen molar-refractivity contribution in [1.29, 1.82) is 0 Å². The van der Waals surface area contributed by atoms with Gasteiger partial charge in [0.15, 0.2) is 0 Å². The van der Waals surface area contributed by atoms with Crippen molar-refractivity contribution in [2.24, 2.45) is 5.73 Å². The minimum atomic E-state index is -3.55. The quantitative estimate of drug-likeness (QED) is 0.737. The van der Waals surface area contributed by atoms with Crippen LogP contribution < -0.4 is 5.73 Å². The SMILES string of the molecule is CC(O)c1ccc(S(=O)(=O)N2CCC(N)(CO)CC2)cc1. The van der Waals surface area contributed by atoms with Crippen molar-refractivity contribution in [2.45, 2.75) is 36.3 Å². The molecule has 7 heteroatoms. The van der Waals surface area contributed by atoms with Crippen molar-refractivity contribution in [3.8, 4) is 0 Å². The van der Waals surface area contributed by atoms with Gasteiger partial charge in [-0.1, -0.05) is 12.1 Å². The number of nitrogens with two attached hydrogens (primary N) is 1. The number of benzene rings is 1. The molecule has 1 heterocycles. The van der Waals surface area contributed by atoms with Gasteiger partial charge in [0, 0.05) is 18.6 Å². The topological polar surface area (TPSA) is 104 Å². The molecule has 0 amide bonds. The number of hydrogen-bond acceptors (Lipinski definition) is 5. The monoisotopic (exact) mass is 314 g/mol. The van der Waals surface area contributed by atoms with Crippen LogP contribution in [0.2, 0.25) is 0 Å². The molecule has 6 nitrogen and oxygen atoms in total. The van der Waals surface area contributed by atoms with Crippen LogP contribution in [-0.4, -0.2) is 48.2 Å². The van der Waals surface area contributed by atoms with Crippen LogP contribution in [0.25, 0.3) is 0 Å². The summed E-state index contributed by atoms with van der Waals surface area (Å²) in [6.07, 6.45) is 0.252. The zero-order chi connectivity index (χ0) is 15.7. The van der Waals surface area contributed by atoms with Gasteiger partial charge in [-0.05, 0) is 37.5 Å². The van der Waals surface area contributed by atoms with Crippen molar-refractivity contribution >= 4 is 10.0 Å². The summed E-state index contributed by atoms with van der Waals surface area (Å²) in [5, 5.41) is 18.7. The molecule has 1 fully saturated rings. The first-order valence-electron chi connectivity index (χ1n) is 6.96. The van der Waals surface area contributed by atoms with Crippen LogP contribution in [0.15, 0.2) is 29.2 Å². The Balaban J connectivity index is 2.15. The highest BCUT2D eigenvalue weighted by atomic mass is 32.2. The van der Waals surface area contributed by atoms with E-state index in [-0.39, 0.29) is 11.5 Å². The Morgan fingerprint density at radius 2 is 1.81 bits per heavy atom. The van der Waals surface area contributed by atoms with E-state index in [1.807, 2.05) is 0 Å². The summed E-state index contributed by atoms with van der Waals surface area (Å²) >= 11 is 0. The summed E-state index contributed by atoms with van der Waals surface area (Å²) in [4.78, 5) is 0.209. The van der Waals surface area contributed by atoms with E-state index in [2.05, 4.69) is 0 Å². The first kappa shape index (κ1) is 16.4. The van der Waals surface area contributed by atoms with Crippen molar-refractivity contribution in [1.82, 2.24) is 4.31 Å². The Labute approximate surface area is 125 Å². The Kier molecular flexibility index (Phi) is 4.69. The van der Waals surface area contributed by atoms with Gasteiger partial charge in [-0.2, -0.15) is 4.31 Å². The van der Waals surface area contributed by atoms with E-state index >= 15 is 0 Å². The molecule has 1 aromatic rings. The van der Waals surface area contributed by atoms with E-state index < -0.39 is 21.7 Å².